The van der Waals surface area contributed by atoms with Crippen molar-refractivity contribution in [1.82, 2.24) is 5.32 Å². The summed E-state index contributed by atoms with van der Waals surface area (Å²) >= 11 is 5.07. The Hall–Kier alpha value is -3.46. The Morgan fingerprint density at radius 3 is 2.03 bits per heavy atom. The van der Waals surface area contributed by atoms with E-state index in [9.17, 15) is 4.79 Å². The average molecular weight is 540 g/mol. The molecular weight excluding hydrogens is 507 g/mol. The van der Waals surface area contributed by atoms with E-state index >= 15 is 0 Å². The summed E-state index contributed by atoms with van der Waals surface area (Å²) in [5.41, 5.74) is 11.9. The molecule has 0 saturated carbocycles. The zero-order valence-corrected chi connectivity index (χ0v) is 23.5. The lowest BCUT2D eigenvalue weighted by Gasteiger charge is -2.32. The van der Waals surface area contributed by atoms with Crippen LogP contribution in [0.1, 0.15) is 55.9 Å². The fourth-order valence-electron chi connectivity index (χ4n) is 4.98. The SMILES string of the molecule is CC1(C)OB(C(=Cc2ccc(C(N)=S)cc2)CNC(=O)OCC2c3ccccc3-c3ccccc32)OC1(C)C. The van der Waals surface area contributed by atoms with Gasteiger partial charge in [0.1, 0.15) is 11.6 Å². The number of hydrogen-bond donors (Lipinski definition) is 2. The smallest absolute Gasteiger partial charge is 0.449 e. The Bertz CT molecular complexity index is 1370. The predicted molar refractivity (Wildman–Crippen MR) is 159 cm³/mol. The molecule has 200 valence electrons. The molecule has 2 aliphatic rings. The van der Waals surface area contributed by atoms with Crippen LogP contribution in [0.5, 0.6) is 0 Å². The number of nitrogens with two attached hydrogens (primary N) is 1. The molecule has 6 nitrogen and oxygen atoms in total. The maximum Gasteiger partial charge on any atom is 0.492 e. The second-order valence-corrected chi connectivity index (χ2v) is 11.4. The van der Waals surface area contributed by atoms with E-state index in [-0.39, 0.29) is 19.1 Å². The molecule has 1 amide bonds. The molecule has 1 saturated heterocycles. The Morgan fingerprint density at radius 1 is 0.949 bits per heavy atom. The summed E-state index contributed by atoms with van der Waals surface area (Å²) in [5, 5.41) is 2.91. The van der Waals surface area contributed by atoms with E-state index in [1.54, 1.807) is 0 Å². The number of alkyl carbamates (subject to hydrolysis) is 1. The van der Waals surface area contributed by atoms with Gasteiger partial charge in [0.25, 0.3) is 0 Å². The van der Waals surface area contributed by atoms with Gasteiger partial charge in [-0.1, -0.05) is 91.1 Å². The summed E-state index contributed by atoms with van der Waals surface area (Å²) in [6.45, 7) is 8.45. The number of thiocarbonyl (C=S) groups is 1. The quantitative estimate of drug-likeness (QED) is 0.288. The number of carbonyl (C=O) groups is 1. The molecule has 0 radical (unpaired) electrons. The van der Waals surface area contributed by atoms with Crippen molar-refractivity contribution in [2.45, 2.75) is 44.8 Å². The summed E-state index contributed by atoms with van der Waals surface area (Å²) in [5.74, 6) is -0.00611. The first-order chi connectivity index (χ1) is 18.6. The molecule has 8 heteroatoms. The van der Waals surface area contributed by atoms with Gasteiger partial charge in [-0.25, -0.2) is 4.79 Å². The zero-order chi connectivity index (χ0) is 27.8. The molecule has 39 heavy (non-hydrogen) atoms. The van der Waals surface area contributed by atoms with Crippen molar-refractivity contribution in [2.75, 3.05) is 13.2 Å². The number of ether oxygens (including phenoxy) is 1. The van der Waals surface area contributed by atoms with Crippen LogP contribution in [-0.4, -0.2) is 42.6 Å². The van der Waals surface area contributed by atoms with Gasteiger partial charge in [-0.3, -0.25) is 0 Å². The van der Waals surface area contributed by atoms with Gasteiger partial charge in [-0.2, -0.15) is 0 Å². The molecule has 0 unspecified atom stereocenters. The lowest BCUT2D eigenvalue weighted by Crippen LogP contribution is -2.41. The first-order valence-corrected chi connectivity index (χ1v) is 13.5. The monoisotopic (exact) mass is 540 g/mol. The minimum atomic E-state index is -0.626. The maximum absolute atomic E-state index is 12.9. The third-order valence-electron chi connectivity index (χ3n) is 7.88. The predicted octanol–water partition coefficient (Wildman–Crippen LogP) is 5.87. The molecule has 3 N–H and O–H groups in total. The van der Waals surface area contributed by atoms with E-state index in [0.29, 0.717) is 4.99 Å². The maximum atomic E-state index is 12.9. The highest BCUT2D eigenvalue weighted by Crippen LogP contribution is 2.44. The van der Waals surface area contributed by atoms with Crippen LogP contribution in [0.3, 0.4) is 0 Å². The summed E-state index contributed by atoms with van der Waals surface area (Å²) in [7, 11) is -0.626. The van der Waals surface area contributed by atoms with Gasteiger partial charge >= 0.3 is 13.2 Å². The molecule has 3 aromatic rings. The average Bonchev–Trinajstić information content (AvgIpc) is 3.34. The highest BCUT2D eigenvalue weighted by Gasteiger charge is 2.52. The second kappa shape index (κ2) is 10.6. The third kappa shape index (κ3) is 5.50. The van der Waals surface area contributed by atoms with Crippen LogP contribution in [0, 0.1) is 0 Å². The second-order valence-electron chi connectivity index (χ2n) is 11.0. The van der Waals surface area contributed by atoms with Crippen molar-refractivity contribution in [2.24, 2.45) is 5.73 Å². The molecule has 3 aromatic carbocycles. The molecular formula is C31H33BN2O4S. The van der Waals surface area contributed by atoms with E-state index in [4.69, 9.17) is 32.0 Å². The van der Waals surface area contributed by atoms with Gasteiger partial charge in [-0.05, 0) is 61.0 Å². The molecule has 0 atom stereocenters. The van der Waals surface area contributed by atoms with Crippen molar-refractivity contribution < 1.29 is 18.8 Å². The van der Waals surface area contributed by atoms with Crippen molar-refractivity contribution >= 4 is 36.5 Å². The molecule has 1 aliphatic carbocycles. The fourth-order valence-corrected chi connectivity index (χ4v) is 5.11. The molecule has 0 aromatic heterocycles. The van der Waals surface area contributed by atoms with Gasteiger partial charge in [0, 0.05) is 18.0 Å². The minimum absolute atomic E-state index is 0.00611. The molecule has 0 bridgehead atoms. The number of amides is 1. The normalized spacial score (nSPS) is 17.4. The molecule has 1 fully saturated rings. The summed E-state index contributed by atoms with van der Waals surface area (Å²) < 4.78 is 18.3. The van der Waals surface area contributed by atoms with Crippen molar-refractivity contribution in [3.63, 3.8) is 0 Å². The van der Waals surface area contributed by atoms with Crippen LogP contribution in [0.25, 0.3) is 17.2 Å². The van der Waals surface area contributed by atoms with E-state index in [0.717, 1.165) is 16.6 Å². The third-order valence-corrected chi connectivity index (χ3v) is 8.12. The summed E-state index contributed by atoms with van der Waals surface area (Å²) in [6, 6.07) is 24.1. The van der Waals surface area contributed by atoms with Crippen LogP contribution in [0.2, 0.25) is 0 Å². The van der Waals surface area contributed by atoms with Crippen LogP contribution in [0.4, 0.5) is 4.79 Å². The number of rotatable bonds is 7. The van der Waals surface area contributed by atoms with E-state index < -0.39 is 24.4 Å². The summed E-state index contributed by atoms with van der Waals surface area (Å²) in [4.78, 5) is 13.2. The highest BCUT2D eigenvalue weighted by molar-refractivity contribution is 7.80. The number of carbonyl (C=O) groups excluding carboxylic acids is 1. The first-order valence-electron chi connectivity index (χ1n) is 13.1. The topological polar surface area (TPSA) is 82.8 Å². The lowest BCUT2D eigenvalue weighted by molar-refractivity contribution is 0.00578. The standard InChI is InChI=1S/C31H33BN2O4S/c1-30(2)31(3,4)38-32(37-30)22(17-20-13-15-21(16-14-20)28(33)39)18-34-29(35)36-19-27-25-11-7-5-9-23(25)24-10-6-8-12-26(24)27/h5-17,27H,18-19H2,1-4H3,(H2,33,39)(H,34,35). The first kappa shape index (κ1) is 27.1. The van der Waals surface area contributed by atoms with Crippen LogP contribution >= 0.6 is 12.2 Å². The molecule has 5 rings (SSSR count). The Kier molecular flexibility index (Phi) is 7.38. The van der Waals surface area contributed by atoms with Gasteiger partial charge < -0.3 is 25.1 Å². The van der Waals surface area contributed by atoms with Crippen molar-refractivity contribution in [1.29, 1.82) is 0 Å². The van der Waals surface area contributed by atoms with Crippen molar-refractivity contribution in [3.05, 3.63) is 101 Å². The minimum Gasteiger partial charge on any atom is -0.449 e. The van der Waals surface area contributed by atoms with Gasteiger partial charge in [0.2, 0.25) is 0 Å². The van der Waals surface area contributed by atoms with Gasteiger partial charge in [0.05, 0.1) is 11.2 Å². The van der Waals surface area contributed by atoms with Crippen LogP contribution in [-0.2, 0) is 14.0 Å². The fraction of sp³-hybridized carbons (Fsp3) is 0.290. The molecule has 0 spiro atoms. The number of hydrogen-bond acceptors (Lipinski definition) is 5. The van der Waals surface area contributed by atoms with E-state index in [2.05, 4.69) is 29.6 Å². The molecule has 1 aliphatic heterocycles. The Morgan fingerprint density at radius 2 is 1.49 bits per heavy atom. The summed E-state index contributed by atoms with van der Waals surface area (Å²) in [6.07, 6.45) is 1.46. The number of fused-ring (bicyclic) bond motifs is 3. The number of benzene rings is 3. The van der Waals surface area contributed by atoms with Crippen LogP contribution < -0.4 is 11.1 Å². The Balaban J connectivity index is 1.30. The van der Waals surface area contributed by atoms with Gasteiger partial charge in [-0.15, -0.1) is 0 Å². The zero-order valence-electron chi connectivity index (χ0n) is 22.7. The van der Waals surface area contributed by atoms with E-state index in [1.807, 2.05) is 82.3 Å². The lowest BCUT2D eigenvalue weighted by atomic mass is 9.77. The van der Waals surface area contributed by atoms with Crippen molar-refractivity contribution in [3.8, 4) is 11.1 Å². The Labute approximate surface area is 235 Å². The van der Waals surface area contributed by atoms with E-state index in [1.165, 1.54) is 22.3 Å². The number of nitrogens with one attached hydrogen (secondary N) is 1. The largest absolute Gasteiger partial charge is 0.492 e. The van der Waals surface area contributed by atoms with Gasteiger partial charge in [0.15, 0.2) is 0 Å². The molecule has 1 heterocycles. The van der Waals surface area contributed by atoms with Crippen LogP contribution in [0.15, 0.2) is 78.3 Å². The highest BCUT2D eigenvalue weighted by atomic mass is 32.1.